The van der Waals surface area contributed by atoms with E-state index in [2.05, 4.69) is 23.6 Å². The van der Waals surface area contributed by atoms with Gasteiger partial charge in [-0.3, -0.25) is 9.69 Å². The summed E-state index contributed by atoms with van der Waals surface area (Å²) in [7, 11) is 0. The topological polar surface area (TPSA) is 42.0 Å². The van der Waals surface area contributed by atoms with Gasteiger partial charge in [-0.05, 0) is 52.5 Å². The summed E-state index contributed by atoms with van der Waals surface area (Å²) in [6.45, 7) is 8.29. The standard InChI is InChI=1S/C17H30N2O3/c1-13-5-3-6-14(2)19(13)16(20)12-18-8-4-7-15(11-18)17-21-9-10-22-17/h13-15,17H,3-12H2,1-2H3/t13-,14+,15-/m1/s1. The van der Waals surface area contributed by atoms with Crippen LogP contribution in [0.2, 0.25) is 0 Å². The largest absolute Gasteiger partial charge is 0.350 e. The second-order valence-corrected chi connectivity index (χ2v) is 7.18. The molecule has 0 spiro atoms. The fourth-order valence-electron chi connectivity index (χ4n) is 4.29. The van der Waals surface area contributed by atoms with Gasteiger partial charge in [0.25, 0.3) is 0 Å². The first-order valence-electron chi connectivity index (χ1n) is 8.92. The Bertz CT molecular complexity index is 374. The van der Waals surface area contributed by atoms with E-state index in [1.807, 2.05) is 0 Å². The highest BCUT2D eigenvalue weighted by Crippen LogP contribution is 2.26. The summed E-state index contributed by atoms with van der Waals surface area (Å²) in [5, 5.41) is 0. The lowest BCUT2D eigenvalue weighted by Crippen LogP contribution is -2.52. The highest BCUT2D eigenvalue weighted by Gasteiger charge is 2.34. The molecular weight excluding hydrogens is 280 g/mol. The van der Waals surface area contributed by atoms with Crippen molar-refractivity contribution in [2.75, 3.05) is 32.8 Å². The van der Waals surface area contributed by atoms with Crippen molar-refractivity contribution in [3.63, 3.8) is 0 Å². The number of nitrogens with zero attached hydrogens (tertiary/aromatic N) is 2. The van der Waals surface area contributed by atoms with Gasteiger partial charge in [0.1, 0.15) is 0 Å². The zero-order chi connectivity index (χ0) is 15.5. The van der Waals surface area contributed by atoms with Gasteiger partial charge >= 0.3 is 0 Å². The third-order valence-electron chi connectivity index (χ3n) is 5.41. The number of piperidine rings is 2. The Kier molecular flexibility index (Phi) is 5.37. The van der Waals surface area contributed by atoms with Crippen molar-refractivity contribution in [2.45, 2.75) is 64.3 Å². The van der Waals surface area contributed by atoms with Crippen LogP contribution >= 0.6 is 0 Å². The molecule has 0 bridgehead atoms. The number of likely N-dealkylation sites (tertiary alicyclic amines) is 2. The van der Waals surface area contributed by atoms with Crippen molar-refractivity contribution in [1.29, 1.82) is 0 Å². The van der Waals surface area contributed by atoms with Gasteiger partial charge in [0.2, 0.25) is 5.91 Å². The Morgan fingerprint density at radius 1 is 1.05 bits per heavy atom. The van der Waals surface area contributed by atoms with Crippen molar-refractivity contribution in [3.8, 4) is 0 Å². The predicted molar refractivity (Wildman–Crippen MR) is 84.5 cm³/mol. The van der Waals surface area contributed by atoms with Crippen LogP contribution in [0.1, 0.15) is 46.0 Å². The molecule has 3 atom stereocenters. The van der Waals surface area contributed by atoms with Crippen LogP contribution in [0.25, 0.3) is 0 Å². The predicted octanol–water partition coefficient (Wildman–Crippen LogP) is 1.86. The summed E-state index contributed by atoms with van der Waals surface area (Å²) >= 11 is 0. The van der Waals surface area contributed by atoms with Crippen LogP contribution in [-0.2, 0) is 14.3 Å². The zero-order valence-corrected chi connectivity index (χ0v) is 14.0. The zero-order valence-electron chi connectivity index (χ0n) is 14.0. The maximum absolute atomic E-state index is 12.7. The lowest BCUT2D eigenvalue weighted by atomic mass is 9.96. The van der Waals surface area contributed by atoms with Crippen LogP contribution < -0.4 is 0 Å². The van der Waals surface area contributed by atoms with E-state index >= 15 is 0 Å². The number of hydrogen-bond donors (Lipinski definition) is 0. The summed E-state index contributed by atoms with van der Waals surface area (Å²) in [4.78, 5) is 17.2. The molecule has 0 saturated carbocycles. The number of hydrogen-bond acceptors (Lipinski definition) is 4. The number of amides is 1. The highest BCUT2D eigenvalue weighted by atomic mass is 16.7. The van der Waals surface area contributed by atoms with Gasteiger partial charge in [-0.1, -0.05) is 0 Å². The first-order chi connectivity index (χ1) is 10.6. The molecule has 1 amide bonds. The maximum atomic E-state index is 12.7. The van der Waals surface area contributed by atoms with Gasteiger partial charge in [-0.25, -0.2) is 0 Å². The third kappa shape index (κ3) is 3.63. The van der Waals surface area contributed by atoms with Gasteiger partial charge in [-0.2, -0.15) is 0 Å². The first-order valence-corrected chi connectivity index (χ1v) is 8.92. The molecule has 0 N–H and O–H groups in total. The summed E-state index contributed by atoms with van der Waals surface area (Å²) in [6.07, 6.45) is 5.75. The van der Waals surface area contributed by atoms with Crippen molar-refractivity contribution in [3.05, 3.63) is 0 Å². The molecule has 126 valence electrons. The van der Waals surface area contributed by atoms with E-state index in [0.29, 0.717) is 43.7 Å². The van der Waals surface area contributed by atoms with Gasteiger partial charge in [0.15, 0.2) is 6.29 Å². The molecule has 5 nitrogen and oxygen atoms in total. The minimum atomic E-state index is -0.0502. The number of carbonyl (C=O) groups is 1. The van der Waals surface area contributed by atoms with E-state index in [1.54, 1.807) is 0 Å². The van der Waals surface area contributed by atoms with Crippen LogP contribution in [-0.4, -0.2) is 66.9 Å². The molecule has 0 aliphatic carbocycles. The van der Waals surface area contributed by atoms with E-state index in [-0.39, 0.29) is 6.29 Å². The van der Waals surface area contributed by atoms with Crippen LogP contribution in [0, 0.1) is 5.92 Å². The average Bonchev–Trinajstić information content (AvgIpc) is 3.01. The lowest BCUT2D eigenvalue weighted by Gasteiger charge is -2.41. The fraction of sp³-hybridized carbons (Fsp3) is 0.941. The van der Waals surface area contributed by atoms with Crippen LogP contribution in [0.3, 0.4) is 0 Å². The van der Waals surface area contributed by atoms with Crippen LogP contribution in [0.4, 0.5) is 0 Å². The minimum absolute atomic E-state index is 0.0502. The molecule has 3 fully saturated rings. The number of carbonyl (C=O) groups excluding carboxylic acids is 1. The van der Waals surface area contributed by atoms with E-state index < -0.39 is 0 Å². The Labute approximate surface area is 133 Å². The molecule has 3 heterocycles. The molecule has 3 saturated heterocycles. The average molecular weight is 310 g/mol. The van der Waals surface area contributed by atoms with Gasteiger partial charge in [0, 0.05) is 24.5 Å². The molecule has 0 aromatic rings. The minimum Gasteiger partial charge on any atom is -0.350 e. The van der Waals surface area contributed by atoms with Gasteiger partial charge < -0.3 is 14.4 Å². The molecule has 0 aromatic heterocycles. The second-order valence-electron chi connectivity index (χ2n) is 7.18. The normalized spacial score (nSPS) is 35.0. The number of rotatable bonds is 3. The summed E-state index contributed by atoms with van der Waals surface area (Å²) in [5.41, 5.74) is 0. The molecule has 3 rings (SSSR count). The van der Waals surface area contributed by atoms with Crippen molar-refractivity contribution < 1.29 is 14.3 Å². The monoisotopic (exact) mass is 310 g/mol. The SMILES string of the molecule is C[C@@H]1CCC[C@H](C)N1C(=O)CN1CCC[C@@H](C2OCCO2)C1. The molecule has 3 aliphatic rings. The van der Waals surface area contributed by atoms with E-state index in [0.717, 1.165) is 38.8 Å². The smallest absolute Gasteiger partial charge is 0.237 e. The van der Waals surface area contributed by atoms with E-state index in [1.165, 1.54) is 6.42 Å². The molecule has 3 aliphatic heterocycles. The Morgan fingerprint density at radius 3 is 2.41 bits per heavy atom. The van der Waals surface area contributed by atoms with E-state index in [4.69, 9.17) is 9.47 Å². The van der Waals surface area contributed by atoms with Crippen LogP contribution in [0.5, 0.6) is 0 Å². The maximum Gasteiger partial charge on any atom is 0.237 e. The third-order valence-corrected chi connectivity index (χ3v) is 5.41. The molecule has 22 heavy (non-hydrogen) atoms. The van der Waals surface area contributed by atoms with Crippen molar-refractivity contribution in [1.82, 2.24) is 9.80 Å². The molecule has 0 aromatic carbocycles. The highest BCUT2D eigenvalue weighted by molar-refractivity contribution is 5.79. The summed E-state index contributed by atoms with van der Waals surface area (Å²) in [6, 6.07) is 0.775. The Morgan fingerprint density at radius 2 is 1.73 bits per heavy atom. The van der Waals surface area contributed by atoms with Gasteiger partial charge in [0.05, 0.1) is 19.8 Å². The first kappa shape index (κ1) is 16.2. The second kappa shape index (κ2) is 7.28. The van der Waals surface area contributed by atoms with Gasteiger partial charge in [-0.15, -0.1) is 0 Å². The molecule has 5 heteroatoms. The fourth-order valence-corrected chi connectivity index (χ4v) is 4.29. The quantitative estimate of drug-likeness (QED) is 0.798. The van der Waals surface area contributed by atoms with Crippen LogP contribution in [0.15, 0.2) is 0 Å². The van der Waals surface area contributed by atoms with E-state index in [9.17, 15) is 4.79 Å². The Balaban J connectivity index is 1.54. The summed E-state index contributed by atoms with van der Waals surface area (Å²) < 4.78 is 11.3. The number of ether oxygens (including phenoxy) is 2. The molecule has 0 radical (unpaired) electrons. The van der Waals surface area contributed by atoms with Crippen molar-refractivity contribution >= 4 is 5.91 Å². The lowest BCUT2D eigenvalue weighted by molar-refractivity contribution is -0.140. The summed E-state index contributed by atoms with van der Waals surface area (Å²) in [5.74, 6) is 0.717. The van der Waals surface area contributed by atoms with Crippen molar-refractivity contribution in [2.24, 2.45) is 5.92 Å². The molecule has 0 unspecified atom stereocenters. The molecular formula is C17H30N2O3. The Hall–Kier alpha value is -0.650.